The molecule has 13 rings (SSSR count). The van der Waals surface area contributed by atoms with E-state index in [-0.39, 0.29) is 0 Å². The summed E-state index contributed by atoms with van der Waals surface area (Å²) in [6.45, 7) is 0. The van der Waals surface area contributed by atoms with Crippen molar-refractivity contribution >= 4 is 82.4 Å². The lowest BCUT2D eigenvalue weighted by Gasteiger charge is -2.27. The molecule has 0 radical (unpaired) electrons. The molecular formula is C62H40N2O. The molecule has 0 aliphatic carbocycles. The van der Waals surface area contributed by atoms with Crippen LogP contribution in [-0.4, -0.2) is 4.57 Å². The van der Waals surface area contributed by atoms with Crippen molar-refractivity contribution in [3.05, 3.63) is 243 Å². The zero-order valence-corrected chi connectivity index (χ0v) is 35.4. The second-order valence-corrected chi connectivity index (χ2v) is 16.9. The van der Waals surface area contributed by atoms with Gasteiger partial charge in [0.2, 0.25) is 0 Å². The largest absolute Gasteiger partial charge is 0.455 e. The zero-order chi connectivity index (χ0) is 42.8. The molecule has 0 saturated carbocycles. The molecule has 2 aromatic heterocycles. The molecule has 0 saturated heterocycles. The Hall–Kier alpha value is -8.66. The first-order valence-electron chi connectivity index (χ1n) is 22.2. The summed E-state index contributed by atoms with van der Waals surface area (Å²) in [6.07, 6.45) is 0. The van der Waals surface area contributed by atoms with Crippen molar-refractivity contribution in [1.29, 1.82) is 0 Å². The van der Waals surface area contributed by atoms with Crippen molar-refractivity contribution in [3.8, 4) is 39.1 Å². The summed E-state index contributed by atoms with van der Waals surface area (Å²) >= 11 is 0. The average molecular weight is 829 g/mol. The maximum atomic E-state index is 6.76. The first-order valence-corrected chi connectivity index (χ1v) is 22.2. The van der Waals surface area contributed by atoms with Gasteiger partial charge in [-0.15, -0.1) is 0 Å². The van der Waals surface area contributed by atoms with Crippen LogP contribution in [0, 0.1) is 0 Å². The van der Waals surface area contributed by atoms with Crippen LogP contribution in [0.1, 0.15) is 0 Å². The first kappa shape index (κ1) is 36.9. The quantitative estimate of drug-likeness (QED) is 0.160. The summed E-state index contributed by atoms with van der Waals surface area (Å²) in [5, 5.41) is 9.36. The number of hydrogen-bond donors (Lipinski definition) is 0. The minimum absolute atomic E-state index is 0.887. The molecule has 65 heavy (non-hydrogen) atoms. The van der Waals surface area contributed by atoms with Crippen molar-refractivity contribution < 1.29 is 4.42 Å². The lowest BCUT2D eigenvalue weighted by molar-refractivity contribution is 0.672. The van der Waals surface area contributed by atoms with Crippen LogP contribution in [0.2, 0.25) is 0 Å². The van der Waals surface area contributed by atoms with E-state index in [1.54, 1.807) is 0 Å². The fourth-order valence-corrected chi connectivity index (χ4v) is 10.1. The molecule has 0 unspecified atom stereocenters. The molecule has 11 aromatic carbocycles. The van der Waals surface area contributed by atoms with Crippen molar-refractivity contribution in [2.24, 2.45) is 0 Å². The van der Waals surface area contributed by atoms with E-state index >= 15 is 0 Å². The molecule has 13 aromatic rings. The first-order chi connectivity index (χ1) is 32.2. The Balaban J connectivity index is 0.978. The third-order valence-corrected chi connectivity index (χ3v) is 13.2. The van der Waals surface area contributed by atoms with Crippen LogP contribution in [0.25, 0.3) is 104 Å². The third-order valence-electron chi connectivity index (χ3n) is 13.2. The lowest BCUT2D eigenvalue weighted by atomic mass is 9.94. The summed E-state index contributed by atoms with van der Waals surface area (Å²) < 4.78 is 9.13. The number of hydrogen-bond acceptors (Lipinski definition) is 2. The Labute approximate surface area is 376 Å². The van der Waals surface area contributed by atoms with Crippen molar-refractivity contribution in [2.75, 3.05) is 4.90 Å². The fourth-order valence-electron chi connectivity index (χ4n) is 10.1. The zero-order valence-electron chi connectivity index (χ0n) is 35.4. The number of anilines is 3. The summed E-state index contributed by atoms with van der Waals surface area (Å²) in [7, 11) is 0. The summed E-state index contributed by atoms with van der Waals surface area (Å²) in [5.74, 6) is 0. The number of para-hydroxylation sites is 3. The van der Waals surface area contributed by atoms with Gasteiger partial charge in [-0.25, -0.2) is 0 Å². The van der Waals surface area contributed by atoms with Gasteiger partial charge in [0.25, 0.3) is 0 Å². The molecule has 3 nitrogen and oxygen atoms in total. The highest BCUT2D eigenvalue weighted by Crippen LogP contribution is 2.45. The van der Waals surface area contributed by atoms with E-state index in [0.717, 1.165) is 72.2 Å². The van der Waals surface area contributed by atoms with Crippen molar-refractivity contribution in [3.63, 3.8) is 0 Å². The average Bonchev–Trinajstić information content (AvgIpc) is 3.93. The molecule has 2 heterocycles. The van der Waals surface area contributed by atoms with E-state index in [4.69, 9.17) is 4.42 Å². The maximum absolute atomic E-state index is 6.76. The summed E-state index contributed by atoms with van der Waals surface area (Å²) in [6, 6.07) is 87.7. The predicted molar refractivity (Wildman–Crippen MR) is 274 cm³/mol. The molecular weight excluding hydrogens is 789 g/mol. The monoisotopic (exact) mass is 828 g/mol. The molecule has 0 amide bonds. The van der Waals surface area contributed by atoms with Crippen LogP contribution in [-0.2, 0) is 0 Å². The molecule has 0 atom stereocenters. The Morgan fingerprint density at radius 2 is 0.969 bits per heavy atom. The highest BCUT2D eigenvalue weighted by atomic mass is 16.3. The van der Waals surface area contributed by atoms with Crippen LogP contribution < -0.4 is 4.90 Å². The van der Waals surface area contributed by atoms with Gasteiger partial charge in [0.15, 0.2) is 0 Å². The number of aromatic nitrogens is 1. The highest BCUT2D eigenvalue weighted by molar-refractivity contribution is 6.19. The minimum atomic E-state index is 0.887. The van der Waals surface area contributed by atoms with Crippen LogP contribution in [0.4, 0.5) is 17.1 Å². The van der Waals surface area contributed by atoms with Gasteiger partial charge in [0, 0.05) is 44.0 Å². The van der Waals surface area contributed by atoms with Gasteiger partial charge in [-0.3, -0.25) is 0 Å². The second kappa shape index (κ2) is 15.0. The van der Waals surface area contributed by atoms with E-state index < -0.39 is 0 Å². The highest BCUT2D eigenvalue weighted by Gasteiger charge is 2.21. The Bertz CT molecular complexity index is 3940. The smallest absolute Gasteiger partial charge is 0.145 e. The minimum Gasteiger partial charge on any atom is -0.455 e. The molecule has 0 aliphatic heterocycles. The number of fused-ring (bicyclic) bond motifs is 9. The standard InChI is InChI=1S/C62H40N2O/c1-3-14-42(15-4-1)51-24-12-16-43-28-29-46(39-55(43)51)41-30-34-49(35-31-41)63(59-26-13-17-44-32-36-54-53-23-8-10-27-60(53)65-62(54)61(44)59)50-21-11-18-45(38-50)47-33-37-58-56(40-47)52-22-7-9-25-57(52)64(58)48-19-5-2-6-20-48/h1-40H. The molecule has 304 valence electrons. The van der Waals surface area contributed by atoms with Crippen molar-refractivity contribution in [2.45, 2.75) is 0 Å². The van der Waals surface area contributed by atoms with Crippen LogP contribution in [0.5, 0.6) is 0 Å². The molecule has 0 spiro atoms. The Kier molecular flexibility index (Phi) is 8.53. The molecule has 0 aliphatic rings. The van der Waals surface area contributed by atoms with Gasteiger partial charge in [0.05, 0.1) is 16.7 Å². The molecule has 3 heteroatoms. The summed E-state index contributed by atoms with van der Waals surface area (Å²) in [5.41, 5.74) is 15.6. The fraction of sp³-hybridized carbons (Fsp3) is 0. The van der Waals surface area contributed by atoms with Gasteiger partial charge >= 0.3 is 0 Å². The van der Waals surface area contributed by atoms with Gasteiger partial charge in [0.1, 0.15) is 11.2 Å². The lowest BCUT2D eigenvalue weighted by Crippen LogP contribution is -2.10. The number of nitrogens with zero attached hydrogens (tertiary/aromatic N) is 2. The number of rotatable bonds is 7. The second-order valence-electron chi connectivity index (χ2n) is 16.9. The van der Waals surface area contributed by atoms with Crippen LogP contribution in [0.15, 0.2) is 247 Å². The van der Waals surface area contributed by atoms with E-state index in [1.165, 1.54) is 49.3 Å². The predicted octanol–water partition coefficient (Wildman–Crippen LogP) is 17.5. The Morgan fingerprint density at radius 3 is 1.85 bits per heavy atom. The molecule has 0 fully saturated rings. The van der Waals surface area contributed by atoms with Crippen LogP contribution >= 0.6 is 0 Å². The SMILES string of the molecule is c1ccc(-c2cccc3ccc(-c4ccc(N(c5cccc(-c6ccc7c(c6)c6ccccc6n7-c6ccccc6)c5)c5cccc6ccc7c8ccccc8oc7c56)cc4)cc23)cc1. The Morgan fingerprint density at radius 1 is 0.338 bits per heavy atom. The van der Waals surface area contributed by atoms with Crippen LogP contribution in [0.3, 0.4) is 0 Å². The molecule has 0 N–H and O–H groups in total. The number of furan rings is 1. The van der Waals surface area contributed by atoms with Gasteiger partial charge in [-0.2, -0.15) is 0 Å². The third kappa shape index (κ3) is 6.12. The molecule has 0 bridgehead atoms. The summed E-state index contributed by atoms with van der Waals surface area (Å²) in [4.78, 5) is 2.40. The van der Waals surface area contributed by atoms with E-state index in [0.29, 0.717) is 0 Å². The van der Waals surface area contributed by atoms with Gasteiger partial charge < -0.3 is 13.9 Å². The normalized spacial score (nSPS) is 11.7. The topological polar surface area (TPSA) is 21.3 Å². The van der Waals surface area contributed by atoms with E-state index in [1.807, 2.05) is 6.07 Å². The van der Waals surface area contributed by atoms with Gasteiger partial charge in [-0.05, 0) is 128 Å². The van der Waals surface area contributed by atoms with E-state index in [9.17, 15) is 0 Å². The van der Waals surface area contributed by atoms with Gasteiger partial charge in [-0.1, -0.05) is 164 Å². The number of benzene rings is 11. The van der Waals surface area contributed by atoms with Crippen molar-refractivity contribution in [1.82, 2.24) is 4.57 Å². The van der Waals surface area contributed by atoms with E-state index in [2.05, 4.69) is 246 Å². The maximum Gasteiger partial charge on any atom is 0.145 e.